The van der Waals surface area contributed by atoms with E-state index < -0.39 is 0 Å². The first kappa shape index (κ1) is 14.1. The SMILES string of the molecule is O=C1CCc2cc(CC(=O)NC3CCCCC3)ccc2N1. The van der Waals surface area contributed by atoms with Gasteiger partial charge in [0.1, 0.15) is 0 Å². The van der Waals surface area contributed by atoms with Crippen LogP contribution in [-0.2, 0) is 22.4 Å². The number of hydrogen-bond acceptors (Lipinski definition) is 2. The van der Waals surface area contributed by atoms with Gasteiger partial charge in [-0.2, -0.15) is 0 Å². The molecule has 4 nitrogen and oxygen atoms in total. The molecule has 1 aromatic rings. The molecule has 4 heteroatoms. The van der Waals surface area contributed by atoms with Gasteiger partial charge in [0.05, 0.1) is 6.42 Å². The van der Waals surface area contributed by atoms with Crippen LogP contribution in [0.4, 0.5) is 5.69 Å². The van der Waals surface area contributed by atoms with Crippen molar-refractivity contribution in [1.29, 1.82) is 0 Å². The van der Waals surface area contributed by atoms with E-state index in [0.717, 1.165) is 36.1 Å². The summed E-state index contributed by atoms with van der Waals surface area (Å²) in [5.41, 5.74) is 3.05. The number of carbonyl (C=O) groups is 2. The molecule has 21 heavy (non-hydrogen) atoms. The average molecular weight is 286 g/mol. The summed E-state index contributed by atoms with van der Waals surface area (Å²) in [6, 6.07) is 6.26. The van der Waals surface area contributed by atoms with Crippen LogP contribution in [0.2, 0.25) is 0 Å². The quantitative estimate of drug-likeness (QED) is 0.897. The number of rotatable bonds is 3. The molecule has 2 aliphatic rings. The van der Waals surface area contributed by atoms with Crippen molar-refractivity contribution in [3.05, 3.63) is 29.3 Å². The molecule has 0 saturated heterocycles. The maximum atomic E-state index is 12.1. The lowest BCUT2D eigenvalue weighted by Gasteiger charge is -2.23. The fourth-order valence-electron chi connectivity index (χ4n) is 3.26. The summed E-state index contributed by atoms with van der Waals surface area (Å²) in [6.45, 7) is 0. The number of anilines is 1. The Morgan fingerprint density at radius 1 is 1.19 bits per heavy atom. The number of benzene rings is 1. The van der Waals surface area contributed by atoms with E-state index in [4.69, 9.17) is 0 Å². The fraction of sp³-hybridized carbons (Fsp3) is 0.529. The summed E-state index contributed by atoms with van der Waals surface area (Å²) in [7, 11) is 0. The van der Waals surface area contributed by atoms with Crippen molar-refractivity contribution in [2.45, 2.75) is 57.4 Å². The number of fused-ring (bicyclic) bond motifs is 1. The third kappa shape index (κ3) is 3.63. The van der Waals surface area contributed by atoms with Crippen LogP contribution >= 0.6 is 0 Å². The van der Waals surface area contributed by atoms with Crippen LogP contribution in [-0.4, -0.2) is 17.9 Å². The van der Waals surface area contributed by atoms with Crippen molar-refractivity contribution in [3.8, 4) is 0 Å². The smallest absolute Gasteiger partial charge is 0.224 e. The minimum absolute atomic E-state index is 0.0743. The maximum Gasteiger partial charge on any atom is 0.224 e. The second-order valence-corrected chi connectivity index (χ2v) is 6.12. The molecule has 0 bridgehead atoms. The van der Waals surface area contributed by atoms with Crippen molar-refractivity contribution in [2.75, 3.05) is 5.32 Å². The molecule has 2 amide bonds. The van der Waals surface area contributed by atoms with Crippen LogP contribution in [0.15, 0.2) is 18.2 Å². The summed E-state index contributed by atoms with van der Waals surface area (Å²) in [4.78, 5) is 23.5. The van der Waals surface area contributed by atoms with E-state index in [1.807, 2.05) is 12.1 Å². The molecule has 1 aromatic carbocycles. The second-order valence-electron chi connectivity index (χ2n) is 6.12. The van der Waals surface area contributed by atoms with Gasteiger partial charge in [-0.1, -0.05) is 31.4 Å². The Morgan fingerprint density at radius 2 is 2.00 bits per heavy atom. The Hall–Kier alpha value is -1.84. The van der Waals surface area contributed by atoms with Gasteiger partial charge in [-0.05, 0) is 36.5 Å². The number of amides is 2. The van der Waals surface area contributed by atoms with Crippen molar-refractivity contribution >= 4 is 17.5 Å². The lowest BCUT2D eigenvalue weighted by Crippen LogP contribution is -2.37. The van der Waals surface area contributed by atoms with Crippen LogP contribution in [0.25, 0.3) is 0 Å². The molecule has 0 radical (unpaired) electrons. The van der Waals surface area contributed by atoms with Crippen LogP contribution in [0, 0.1) is 0 Å². The van der Waals surface area contributed by atoms with E-state index in [9.17, 15) is 9.59 Å². The number of aryl methyl sites for hydroxylation is 1. The molecule has 0 unspecified atom stereocenters. The lowest BCUT2D eigenvalue weighted by atomic mass is 9.95. The fourth-order valence-corrected chi connectivity index (χ4v) is 3.26. The van der Waals surface area contributed by atoms with Gasteiger partial charge in [0.15, 0.2) is 0 Å². The molecule has 1 aliphatic carbocycles. The highest BCUT2D eigenvalue weighted by Crippen LogP contribution is 2.24. The second kappa shape index (κ2) is 6.29. The summed E-state index contributed by atoms with van der Waals surface area (Å²) >= 11 is 0. The Labute approximate surface area is 125 Å². The molecule has 1 fully saturated rings. The van der Waals surface area contributed by atoms with Gasteiger partial charge in [-0.25, -0.2) is 0 Å². The average Bonchev–Trinajstić information content (AvgIpc) is 2.48. The Morgan fingerprint density at radius 3 is 2.81 bits per heavy atom. The zero-order chi connectivity index (χ0) is 14.7. The molecule has 2 N–H and O–H groups in total. The lowest BCUT2D eigenvalue weighted by molar-refractivity contribution is -0.121. The van der Waals surface area contributed by atoms with E-state index >= 15 is 0 Å². The molecule has 3 rings (SSSR count). The Bertz CT molecular complexity index is 548. The van der Waals surface area contributed by atoms with E-state index in [1.54, 1.807) is 0 Å². The third-order valence-corrected chi connectivity index (χ3v) is 4.40. The normalized spacial score (nSPS) is 18.8. The van der Waals surface area contributed by atoms with Gasteiger partial charge in [0.25, 0.3) is 0 Å². The third-order valence-electron chi connectivity index (χ3n) is 4.40. The topological polar surface area (TPSA) is 58.2 Å². The predicted molar refractivity (Wildman–Crippen MR) is 82.1 cm³/mol. The molecular weight excluding hydrogens is 264 g/mol. The van der Waals surface area contributed by atoms with Crippen molar-refractivity contribution in [3.63, 3.8) is 0 Å². The molecule has 112 valence electrons. The van der Waals surface area contributed by atoms with Crippen molar-refractivity contribution in [2.24, 2.45) is 0 Å². The molecule has 1 saturated carbocycles. The van der Waals surface area contributed by atoms with Gasteiger partial charge in [0, 0.05) is 18.2 Å². The van der Waals surface area contributed by atoms with E-state index in [2.05, 4.69) is 16.7 Å². The molecular formula is C17H22N2O2. The van der Waals surface area contributed by atoms with Gasteiger partial charge in [-0.3, -0.25) is 9.59 Å². The molecule has 0 aromatic heterocycles. The molecule has 0 atom stereocenters. The van der Waals surface area contributed by atoms with Crippen LogP contribution in [0.3, 0.4) is 0 Å². The van der Waals surface area contributed by atoms with Gasteiger partial charge < -0.3 is 10.6 Å². The van der Waals surface area contributed by atoms with Gasteiger partial charge >= 0.3 is 0 Å². The monoisotopic (exact) mass is 286 g/mol. The summed E-state index contributed by atoms with van der Waals surface area (Å²) in [5.74, 6) is 0.187. The van der Waals surface area contributed by atoms with Crippen LogP contribution < -0.4 is 10.6 Å². The largest absolute Gasteiger partial charge is 0.353 e. The number of nitrogens with one attached hydrogen (secondary N) is 2. The van der Waals surface area contributed by atoms with E-state index in [-0.39, 0.29) is 11.8 Å². The first-order chi connectivity index (χ1) is 10.2. The van der Waals surface area contributed by atoms with E-state index in [0.29, 0.717) is 18.9 Å². The zero-order valence-corrected chi connectivity index (χ0v) is 12.3. The van der Waals surface area contributed by atoms with Gasteiger partial charge in [0.2, 0.25) is 11.8 Å². The van der Waals surface area contributed by atoms with Crippen LogP contribution in [0.1, 0.15) is 49.7 Å². The summed E-state index contributed by atoms with van der Waals surface area (Å²) < 4.78 is 0. The van der Waals surface area contributed by atoms with Crippen molar-refractivity contribution in [1.82, 2.24) is 5.32 Å². The first-order valence-corrected chi connectivity index (χ1v) is 7.92. The highest BCUT2D eigenvalue weighted by molar-refractivity contribution is 5.94. The molecule has 1 heterocycles. The minimum atomic E-state index is 0.0743. The van der Waals surface area contributed by atoms with Gasteiger partial charge in [-0.15, -0.1) is 0 Å². The standard InChI is InChI=1S/C17H22N2O2/c20-16-9-7-13-10-12(6-8-15(13)19-16)11-17(21)18-14-4-2-1-3-5-14/h6,8,10,14H,1-5,7,9,11H2,(H,18,21)(H,19,20). The summed E-state index contributed by atoms with van der Waals surface area (Å²) in [6.07, 6.45) is 7.70. The van der Waals surface area contributed by atoms with Crippen molar-refractivity contribution < 1.29 is 9.59 Å². The molecule has 0 spiro atoms. The highest BCUT2D eigenvalue weighted by Gasteiger charge is 2.18. The number of carbonyl (C=O) groups excluding carboxylic acids is 2. The first-order valence-electron chi connectivity index (χ1n) is 7.92. The predicted octanol–water partition coefficient (Wildman–Crippen LogP) is 2.56. The Balaban J connectivity index is 1.59. The minimum Gasteiger partial charge on any atom is -0.353 e. The zero-order valence-electron chi connectivity index (χ0n) is 12.3. The number of hydrogen-bond donors (Lipinski definition) is 2. The summed E-state index contributed by atoms with van der Waals surface area (Å²) in [5, 5.41) is 6.01. The van der Waals surface area contributed by atoms with Crippen LogP contribution in [0.5, 0.6) is 0 Å². The highest BCUT2D eigenvalue weighted by atomic mass is 16.2. The molecule has 1 aliphatic heterocycles. The maximum absolute atomic E-state index is 12.1. The Kier molecular flexibility index (Phi) is 4.23. The van der Waals surface area contributed by atoms with E-state index in [1.165, 1.54) is 19.3 Å².